The van der Waals surface area contributed by atoms with E-state index >= 15 is 0 Å². The van der Waals surface area contributed by atoms with E-state index in [-0.39, 0.29) is 24.3 Å². The number of carbonyl (C=O) groups excluding carboxylic acids is 1. The fraction of sp³-hybridized carbons (Fsp3) is 0.952. The molecule has 2 saturated heterocycles. The number of piperidine rings is 2. The van der Waals surface area contributed by atoms with Crippen molar-refractivity contribution in [1.29, 1.82) is 0 Å². The molecule has 0 aromatic rings. The van der Waals surface area contributed by atoms with Crippen molar-refractivity contribution in [2.45, 2.75) is 89.6 Å². The van der Waals surface area contributed by atoms with Gasteiger partial charge in [-0.1, -0.05) is 32.1 Å². The van der Waals surface area contributed by atoms with E-state index in [1.807, 2.05) is 25.7 Å². The molecule has 0 aromatic heterocycles. The molecule has 3 rings (SSSR count). The molecule has 4 atom stereocenters. The van der Waals surface area contributed by atoms with Crippen LogP contribution in [0.5, 0.6) is 0 Å². The highest BCUT2D eigenvalue weighted by Gasteiger charge is 2.39. The van der Waals surface area contributed by atoms with Crippen LogP contribution < -0.4 is 11.1 Å². The maximum absolute atomic E-state index is 12.4. The Labute approximate surface area is 164 Å². The molecule has 3 fully saturated rings. The maximum atomic E-state index is 12.4. The summed E-state index contributed by atoms with van der Waals surface area (Å²) in [6, 6.07) is 0.0302. The van der Waals surface area contributed by atoms with Crippen molar-refractivity contribution in [2.24, 2.45) is 17.6 Å². The van der Waals surface area contributed by atoms with Gasteiger partial charge >= 0.3 is 6.09 Å². The molecule has 6 nitrogen and oxygen atoms in total. The third-order valence-corrected chi connectivity index (χ3v) is 6.24. The molecule has 2 aliphatic heterocycles. The highest BCUT2D eigenvalue weighted by molar-refractivity contribution is 5.68. The van der Waals surface area contributed by atoms with Crippen molar-refractivity contribution in [1.82, 2.24) is 10.2 Å². The fourth-order valence-electron chi connectivity index (χ4n) is 4.93. The normalized spacial score (nSPS) is 33.7. The third kappa shape index (κ3) is 5.81. The Hall–Kier alpha value is -0.850. The van der Waals surface area contributed by atoms with Crippen LogP contribution in [-0.2, 0) is 9.47 Å². The van der Waals surface area contributed by atoms with E-state index in [1.54, 1.807) is 0 Å². The minimum Gasteiger partial charge on any atom is -0.444 e. The van der Waals surface area contributed by atoms with Gasteiger partial charge in [0.05, 0.1) is 18.8 Å². The van der Waals surface area contributed by atoms with E-state index in [4.69, 9.17) is 15.2 Å². The summed E-state index contributed by atoms with van der Waals surface area (Å²) in [6.07, 6.45) is 8.51. The lowest BCUT2D eigenvalue weighted by atomic mass is 9.74. The Morgan fingerprint density at radius 3 is 2.52 bits per heavy atom. The van der Waals surface area contributed by atoms with Gasteiger partial charge in [0.15, 0.2) is 0 Å². The molecule has 3 aliphatic rings. The quantitative estimate of drug-likeness (QED) is 0.786. The van der Waals surface area contributed by atoms with E-state index in [0.717, 1.165) is 32.5 Å². The average molecular weight is 382 g/mol. The first-order valence-electron chi connectivity index (χ1n) is 10.9. The molecule has 0 bridgehead atoms. The summed E-state index contributed by atoms with van der Waals surface area (Å²) >= 11 is 0. The standard InChI is InChI=1S/C21H39N3O3/c1-21(2,3)27-20(25)24-11-7-10-16(14-24)26-19-17(12-23-13-18(19)22)15-8-5-4-6-9-15/h15-19,23H,4-14,22H2,1-3H3/t16-,17?,18?,19?/m1/s1. The highest BCUT2D eigenvalue weighted by Crippen LogP contribution is 2.35. The lowest BCUT2D eigenvalue weighted by molar-refractivity contribution is -0.102. The Morgan fingerprint density at radius 2 is 1.81 bits per heavy atom. The predicted molar refractivity (Wildman–Crippen MR) is 107 cm³/mol. The molecule has 156 valence electrons. The highest BCUT2D eigenvalue weighted by atomic mass is 16.6. The average Bonchev–Trinajstić information content (AvgIpc) is 2.63. The molecule has 0 aromatic carbocycles. The Bertz CT molecular complexity index is 488. The van der Waals surface area contributed by atoms with Gasteiger partial charge in [0.1, 0.15) is 5.60 Å². The summed E-state index contributed by atoms with van der Waals surface area (Å²) in [5.41, 5.74) is 6.01. The molecular formula is C21H39N3O3. The fourth-order valence-corrected chi connectivity index (χ4v) is 4.93. The topological polar surface area (TPSA) is 76.8 Å². The second-order valence-corrected chi connectivity index (χ2v) is 9.68. The monoisotopic (exact) mass is 381 g/mol. The largest absolute Gasteiger partial charge is 0.444 e. The second-order valence-electron chi connectivity index (χ2n) is 9.68. The van der Waals surface area contributed by atoms with Crippen molar-refractivity contribution < 1.29 is 14.3 Å². The Kier molecular flexibility index (Phi) is 7.03. The Balaban J connectivity index is 1.60. The van der Waals surface area contributed by atoms with Crippen LogP contribution in [0.3, 0.4) is 0 Å². The molecule has 3 unspecified atom stereocenters. The van der Waals surface area contributed by atoms with Gasteiger partial charge in [-0.3, -0.25) is 0 Å². The van der Waals surface area contributed by atoms with Crippen LogP contribution in [0.15, 0.2) is 0 Å². The van der Waals surface area contributed by atoms with Crippen molar-refractivity contribution >= 4 is 6.09 Å². The number of carbonyl (C=O) groups is 1. The van der Waals surface area contributed by atoms with Crippen LogP contribution in [-0.4, -0.2) is 61.0 Å². The number of nitrogens with one attached hydrogen (secondary N) is 1. The van der Waals surface area contributed by atoms with E-state index in [0.29, 0.717) is 18.4 Å². The van der Waals surface area contributed by atoms with Gasteiger partial charge in [0.25, 0.3) is 0 Å². The molecule has 1 aliphatic carbocycles. The molecular weight excluding hydrogens is 342 g/mol. The number of hydrogen-bond donors (Lipinski definition) is 2. The summed E-state index contributed by atoms with van der Waals surface area (Å²) in [5.74, 6) is 1.21. The van der Waals surface area contributed by atoms with Crippen LogP contribution in [0, 0.1) is 11.8 Å². The number of rotatable bonds is 3. The first-order valence-corrected chi connectivity index (χ1v) is 10.9. The summed E-state index contributed by atoms with van der Waals surface area (Å²) in [4.78, 5) is 14.2. The molecule has 0 radical (unpaired) electrons. The van der Waals surface area contributed by atoms with E-state index in [9.17, 15) is 4.79 Å². The van der Waals surface area contributed by atoms with Crippen molar-refractivity contribution in [2.75, 3.05) is 26.2 Å². The molecule has 0 spiro atoms. The number of ether oxygens (including phenoxy) is 2. The summed E-state index contributed by atoms with van der Waals surface area (Å²) < 4.78 is 12.2. The molecule has 3 N–H and O–H groups in total. The van der Waals surface area contributed by atoms with E-state index in [1.165, 1.54) is 32.1 Å². The molecule has 1 saturated carbocycles. The summed E-state index contributed by atoms with van der Waals surface area (Å²) in [7, 11) is 0. The second kappa shape index (κ2) is 9.10. The molecule has 2 heterocycles. The predicted octanol–water partition coefficient (Wildman–Crippen LogP) is 2.90. The zero-order valence-corrected chi connectivity index (χ0v) is 17.4. The van der Waals surface area contributed by atoms with Crippen LogP contribution >= 0.6 is 0 Å². The lowest BCUT2D eigenvalue weighted by Crippen LogP contribution is -2.59. The van der Waals surface area contributed by atoms with Gasteiger partial charge < -0.3 is 25.4 Å². The van der Waals surface area contributed by atoms with Crippen LogP contribution in [0.4, 0.5) is 4.79 Å². The minimum absolute atomic E-state index is 0.0302. The van der Waals surface area contributed by atoms with E-state index < -0.39 is 5.60 Å². The number of hydrogen-bond acceptors (Lipinski definition) is 5. The van der Waals surface area contributed by atoms with Gasteiger partial charge in [-0.2, -0.15) is 0 Å². The Morgan fingerprint density at radius 1 is 1.07 bits per heavy atom. The summed E-state index contributed by atoms with van der Waals surface area (Å²) in [5, 5.41) is 3.51. The molecule has 6 heteroatoms. The summed E-state index contributed by atoms with van der Waals surface area (Å²) in [6.45, 7) is 8.91. The minimum atomic E-state index is -0.464. The van der Waals surface area contributed by atoms with Crippen molar-refractivity contribution in [3.05, 3.63) is 0 Å². The van der Waals surface area contributed by atoms with Crippen LogP contribution in [0.2, 0.25) is 0 Å². The number of likely N-dealkylation sites (tertiary alicyclic amines) is 1. The van der Waals surface area contributed by atoms with Gasteiger partial charge in [-0.25, -0.2) is 4.79 Å². The first kappa shape index (κ1) is 20.9. The number of amides is 1. The van der Waals surface area contributed by atoms with E-state index in [2.05, 4.69) is 5.32 Å². The maximum Gasteiger partial charge on any atom is 0.410 e. The van der Waals surface area contributed by atoms with Gasteiger partial charge in [-0.05, 0) is 39.5 Å². The first-order chi connectivity index (χ1) is 12.8. The van der Waals surface area contributed by atoms with Gasteiger partial charge in [0, 0.05) is 31.6 Å². The van der Waals surface area contributed by atoms with Gasteiger partial charge in [0.2, 0.25) is 0 Å². The van der Waals surface area contributed by atoms with Crippen LogP contribution in [0.1, 0.15) is 65.7 Å². The van der Waals surface area contributed by atoms with Crippen molar-refractivity contribution in [3.8, 4) is 0 Å². The molecule has 27 heavy (non-hydrogen) atoms. The van der Waals surface area contributed by atoms with Gasteiger partial charge in [-0.15, -0.1) is 0 Å². The zero-order valence-electron chi connectivity index (χ0n) is 17.4. The molecule has 1 amide bonds. The zero-order chi connectivity index (χ0) is 19.4. The number of nitrogens with two attached hydrogens (primary N) is 1. The van der Waals surface area contributed by atoms with Crippen LogP contribution in [0.25, 0.3) is 0 Å². The lowest BCUT2D eigenvalue weighted by Gasteiger charge is -2.44. The SMILES string of the molecule is CC(C)(C)OC(=O)N1CCC[C@@H](OC2C(N)CNCC2C2CCCCC2)C1. The third-order valence-electron chi connectivity index (χ3n) is 6.24. The number of nitrogens with zero attached hydrogens (tertiary/aromatic N) is 1. The smallest absolute Gasteiger partial charge is 0.410 e. The van der Waals surface area contributed by atoms with Crippen molar-refractivity contribution in [3.63, 3.8) is 0 Å².